The number of imidazole rings is 6. The standard InChI is InChI=1S/C121H79N13Si2/c1-6-34-87(35-7-1)135(88-36-8-2-9-37-88,89-38-10-3-11-39-89)92-67-61-80(62-68-92)84-75-115(128-104-52-23-18-47-97(104)98-48-19-24-53-105(98)128)125-116(76-84)133-111-59-30-27-56-108(111)130-113-73-82(65-71-100(113)123-120(130)133)83-66-72-101-114(74-83)131-109-57-28-31-60-112(109)134(121(131)124-101)118-78-85(77-117(126-118)132-110-58-29-26-55-107(110)129-106-54-25-20-49-99(106)122-119(129)132)81-63-69-93(70-64-81)136(90-40-12-4-13-41-90,91-42-14-5-15-43-91)94-44-32-33-86(79-94)127-102-50-21-16-45-95(102)96-46-17-22-51-103(96)127/h1-79H. The van der Waals surface area contributed by atoms with Crippen LogP contribution in [0.2, 0.25) is 0 Å². The van der Waals surface area contributed by atoms with E-state index in [1.807, 2.05) is 0 Å². The van der Waals surface area contributed by atoms with Gasteiger partial charge in [0.15, 0.2) is 16.1 Å². The van der Waals surface area contributed by atoms with Crippen molar-refractivity contribution in [2.24, 2.45) is 0 Å². The number of nitrogens with zero attached hydrogens (tertiary/aromatic N) is 13. The van der Waals surface area contributed by atoms with Crippen LogP contribution < -0.4 is 41.5 Å². The van der Waals surface area contributed by atoms with Crippen molar-refractivity contribution in [3.63, 3.8) is 0 Å². The molecule has 0 N–H and O–H groups in total. The molecule has 28 aromatic rings. The summed E-state index contributed by atoms with van der Waals surface area (Å²) >= 11 is 0. The Balaban J connectivity index is 0.599. The van der Waals surface area contributed by atoms with Gasteiger partial charge in [-0.05, 0) is 208 Å². The average molecular weight is 1770 g/mol. The summed E-state index contributed by atoms with van der Waals surface area (Å²) in [7, 11) is -6.01. The lowest BCUT2D eigenvalue weighted by Crippen LogP contribution is -2.74. The van der Waals surface area contributed by atoms with E-state index in [-0.39, 0.29) is 0 Å². The van der Waals surface area contributed by atoms with Crippen LogP contribution in [0.15, 0.2) is 479 Å². The Kier molecular flexibility index (Phi) is 17.2. The Morgan fingerprint density at radius 3 is 0.779 bits per heavy atom. The third-order valence-electron chi connectivity index (χ3n) is 28.4. The van der Waals surface area contributed by atoms with Gasteiger partial charge in [0.25, 0.3) is 0 Å². The molecule has 0 amide bonds. The van der Waals surface area contributed by atoms with Crippen molar-refractivity contribution in [2.45, 2.75) is 0 Å². The summed E-state index contributed by atoms with van der Waals surface area (Å²) in [5.41, 5.74) is 23.3. The minimum atomic E-state index is -3.15. The predicted octanol–water partition coefficient (Wildman–Crippen LogP) is 22.7. The molecule has 13 nitrogen and oxygen atoms in total. The van der Waals surface area contributed by atoms with Crippen LogP contribution >= 0.6 is 0 Å². The van der Waals surface area contributed by atoms with Gasteiger partial charge in [0.2, 0.25) is 17.3 Å². The van der Waals surface area contributed by atoms with E-state index in [9.17, 15) is 0 Å². The van der Waals surface area contributed by atoms with E-state index in [0.717, 1.165) is 156 Å². The van der Waals surface area contributed by atoms with Crippen molar-refractivity contribution in [1.82, 2.24) is 61.0 Å². The van der Waals surface area contributed by atoms with Gasteiger partial charge < -0.3 is 4.57 Å². The van der Waals surface area contributed by atoms with Crippen molar-refractivity contribution >= 4 is 185 Å². The Hall–Kier alpha value is -17.9. The molecule has 0 saturated carbocycles. The summed E-state index contributed by atoms with van der Waals surface area (Å²) < 4.78 is 18.4. The zero-order valence-electron chi connectivity index (χ0n) is 73.4. The van der Waals surface area contributed by atoms with Gasteiger partial charge >= 0.3 is 0 Å². The van der Waals surface area contributed by atoms with Gasteiger partial charge in [0, 0.05) is 27.2 Å². The second-order valence-corrected chi connectivity index (χ2v) is 43.1. The number of aromatic nitrogens is 13. The van der Waals surface area contributed by atoms with Crippen molar-refractivity contribution in [2.75, 3.05) is 0 Å². The van der Waals surface area contributed by atoms with Crippen LogP contribution in [0.1, 0.15) is 0 Å². The van der Waals surface area contributed by atoms with Crippen molar-refractivity contribution in [3.8, 4) is 62.3 Å². The van der Waals surface area contributed by atoms with Crippen LogP contribution in [-0.4, -0.2) is 77.1 Å². The Morgan fingerprint density at radius 1 is 0.147 bits per heavy atom. The molecule has 28 rings (SSSR count). The fraction of sp³-hybridized carbons (Fsp3) is 0. The first-order chi connectivity index (χ1) is 67.4. The zero-order chi connectivity index (χ0) is 89.3. The summed E-state index contributed by atoms with van der Waals surface area (Å²) in [6.07, 6.45) is 0. The van der Waals surface area contributed by atoms with E-state index < -0.39 is 16.1 Å². The molecular formula is C121H79N13Si2. The first-order valence-electron chi connectivity index (χ1n) is 46.3. The molecule has 0 saturated heterocycles. The molecule has 15 heteroatoms. The smallest absolute Gasteiger partial charge is 0.221 e. The maximum atomic E-state index is 5.89. The van der Waals surface area contributed by atoms with Gasteiger partial charge in [-0.25, -0.2) is 24.9 Å². The fourth-order valence-electron chi connectivity index (χ4n) is 22.5. The molecule has 18 aromatic carbocycles. The van der Waals surface area contributed by atoms with E-state index in [1.54, 1.807) is 0 Å². The zero-order valence-corrected chi connectivity index (χ0v) is 75.4. The number of benzene rings is 18. The summed E-state index contributed by atoms with van der Waals surface area (Å²) in [5, 5.41) is 15.2. The number of fused-ring (bicyclic) bond motifs is 21. The second-order valence-electron chi connectivity index (χ2n) is 35.5. The highest BCUT2D eigenvalue weighted by molar-refractivity contribution is 7.20. The summed E-state index contributed by atoms with van der Waals surface area (Å²) in [4.78, 5) is 28.5. The molecule has 136 heavy (non-hydrogen) atoms. The van der Waals surface area contributed by atoms with E-state index in [0.29, 0.717) is 11.6 Å². The lowest BCUT2D eigenvalue weighted by atomic mass is 10.0. The van der Waals surface area contributed by atoms with Crippen molar-refractivity contribution in [1.29, 1.82) is 0 Å². The monoisotopic (exact) mass is 1770 g/mol. The van der Waals surface area contributed by atoms with Crippen LogP contribution in [0.3, 0.4) is 0 Å². The SMILES string of the molecule is c1ccc([Si](c2ccccc2)(c2ccccc2)c2ccc(-c3cc(-n4c5ccccc5c5ccccc54)nc(-n4c5ccccc5n5c6cc(-c7ccc8nc9n(-c%10cc(-c%11ccc([Si](c%12ccccc%12)(c%12ccccc%12)c%12cccc(-n%13c%14ccccc%14c%14ccccc%14%13)c%12)cc%11)cc(-n%11c%12ccccc%12n%12c%13ccccc%13nc%11%12)n%10)c%10ccccc%10n9c8c7)ccc6nc45)c3)cc2)cc1. The van der Waals surface area contributed by atoms with Crippen LogP contribution in [0.4, 0.5) is 0 Å². The van der Waals surface area contributed by atoms with Gasteiger partial charge in [-0.15, -0.1) is 0 Å². The van der Waals surface area contributed by atoms with E-state index in [4.69, 9.17) is 24.9 Å². The van der Waals surface area contributed by atoms with E-state index >= 15 is 0 Å². The molecule has 0 aliphatic carbocycles. The van der Waals surface area contributed by atoms with Gasteiger partial charge in [-0.3, -0.25) is 31.5 Å². The first-order valence-corrected chi connectivity index (χ1v) is 50.3. The minimum absolute atomic E-state index is 0.701. The Labute approximate surface area is 781 Å². The molecule has 0 aliphatic heterocycles. The van der Waals surface area contributed by atoms with Gasteiger partial charge in [-0.2, -0.15) is 0 Å². The molecule has 636 valence electrons. The largest absolute Gasteiger partial charge is 0.309 e. The normalized spacial score (nSPS) is 12.3. The summed E-state index contributed by atoms with van der Waals surface area (Å²) in [5.74, 6) is 5.20. The lowest BCUT2D eigenvalue weighted by Gasteiger charge is -2.35. The fourth-order valence-corrected chi connectivity index (χ4v) is 32.0. The number of hydrogen-bond donors (Lipinski definition) is 0. The molecule has 0 fully saturated rings. The Morgan fingerprint density at radius 2 is 0.412 bits per heavy atom. The van der Waals surface area contributed by atoms with Gasteiger partial charge in [0.05, 0.1) is 88.3 Å². The van der Waals surface area contributed by atoms with Crippen molar-refractivity contribution in [3.05, 3.63) is 479 Å². The van der Waals surface area contributed by atoms with Crippen LogP contribution in [-0.2, 0) is 0 Å². The highest BCUT2D eigenvalue weighted by Gasteiger charge is 2.44. The average Bonchev–Trinajstić information content (AvgIpc) is 1.57. The first kappa shape index (κ1) is 76.9. The molecule has 0 spiro atoms. The highest BCUT2D eigenvalue weighted by Crippen LogP contribution is 2.42. The molecule has 0 aliphatic rings. The summed E-state index contributed by atoms with van der Waals surface area (Å²) in [6, 6.07) is 176. The van der Waals surface area contributed by atoms with Crippen LogP contribution in [0.5, 0.6) is 0 Å². The van der Waals surface area contributed by atoms with E-state index in [1.165, 1.54) is 63.3 Å². The van der Waals surface area contributed by atoms with Gasteiger partial charge in [-0.1, -0.05) is 346 Å². The lowest BCUT2D eigenvalue weighted by molar-refractivity contribution is 0.983. The van der Waals surface area contributed by atoms with Gasteiger partial charge in [0.1, 0.15) is 23.3 Å². The predicted molar refractivity (Wildman–Crippen MR) is 564 cm³/mol. The second kappa shape index (κ2) is 30.3. The van der Waals surface area contributed by atoms with E-state index in [2.05, 4.69) is 515 Å². The molecule has 0 unspecified atom stereocenters. The maximum Gasteiger partial charge on any atom is 0.221 e. The third kappa shape index (κ3) is 11.5. The molecule has 0 bridgehead atoms. The third-order valence-corrected chi connectivity index (χ3v) is 38.0. The number of para-hydroxylation sites is 12. The highest BCUT2D eigenvalue weighted by atomic mass is 28.3. The molecule has 10 heterocycles. The molecule has 0 atom stereocenters. The van der Waals surface area contributed by atoms with Crippen LogP contribution in [0, 0.1) is 0 Å². The van der Waals surface area contributed by atoms with Crippen LogP contribution in [0.25, 0.3) is 189 Å². The molecular weight excluding hydrogens is 1690 g/mol. The number of pyridine rings is 2. The number of hydrogen-bond acceptors (Lipinski definition) is 5. The number of rotatable bonds is 16. The Bertz CT molecular complexity index is 9450. The quantitative estimate of drug-likeness (QED) is 0.0708. The maximum absolute atomic E-state index is 5.89. The minimum Gasteiger partial charge on any atom is -0.309 e. The molecule has 0 radical (unpaired) electrons. The topological polar surface area (TPSA) is 102 Å². The molecule has 10 aromatic heterocycles. The summed E-state index contributed by atoms with van der Waals surface area (Å²) in [6.45, 7) is 0. The van der Waals surface area contributed by atoms with Crippen molar-refractivity contribution < 1.29 is 0 Å².